The molecule has 0 spiro atoms. The van der Waals surface area contributed by atoms with E-state index < -0.39 is 4.92 Å². The zero-order chi connectivity index (χ0) is 14.8. The monoisotopic (exact) mass is 290 g/mol. The van der Waals surface area contributed by atoms with Crippen LogP contribution in [0.2, 0.25) is 0 Å². The third-order valence-corrected chi connectivity index (χ3v) is 4.31. The van der Waals surface area contributed by atoms with Crippen molar-refractivity contribution in [3.8, 4) is 0 Å². The predicted octanol–water partition coefficient (Wildman–Crippen LogP) is 3.37. The number of hydrogen-bond acceptors (Lipinski definition) is 6. The molecule has 0 saturated heterocycles. The number of nitro groups is 1. The Labute approximate surface area is 121 Å². The van der Waals surface area contributed by atoms with E-state index in [2.05, 4.69) is 27.2 Å². The van der Waals surface area contributed by atoms with Crippen LogP contribution in [0.1, 0.15) is 32.6 Å². The summed E-state index contributed by atoms with van der Waals surface area (Å²) in [4.78, 5) is 10.5. The van der Waals surface area contributed by atoms with Crippen molar-refractivity contribution in [2.24, 2.45) is 11.8 Å². The van der Waals surface area contributed by atoms with Crippen molar-refractivity contribution in [2.75, 3.05) is 11.9 Å². The summed E-state index contributed by atoms with van der Waals surface area (Å²) in [6.07, 6.45) is 4.99. The molecule has 1 aromatic heterocycles. The van der Waals surface area contributed by atoms with Gasteiger partial charge in [-0.15, -0.1) is 0 Å². The first-order valence-corrected chi connectivity index (χ1v) is 7.28. The molecule has 7 heteroatoms. The zero-order valence-electron chi connectivity index (χ0n) is 11.9. The Morgan fingerprint density at radius 3 is 2.71 bits per heavy atom. The lowest BCUT2D eigenvalue weighted by Crippen LogP contribution is -2.20. The first-order valence-electron chi connectivity index (χ1n) is 7.28. The van der Waals surface area contributed by atoms with Crippen LogP contribution in [0.5, 0.6) is 0 Å². The number of rotatable bonds is 4. The van der Waals surface area contributed by atoms with Crippen LogP contribution in [0.25, 0.3) is 11.0 Å². The maximum atomic E-state index is 10.9. The van der Waals surface area contributed by atoms with E-state index in [0.29, 0.717) is 11.4 Å². The smallest absolute Gasteiger partial charge is 0.300 e. The lowest BCUT2D eigenvalue weighted by Gasteiger charge is -2.26. The highest BCUT2D eigenvalue weighted by molar-refractivity contribution is 5.93. The normalized spacial score (nSPS) is 22.3. The average Bonchev–Trinajstić information content (AvgIpc) is 2.95. The van der Waals surface area contributed by atoms with Crippen molar-refractivity contribution in [1.29, 1.82) is 0 Å². The first kappa shape index (κ1) is 13.8. The molecule has 1 heterocycles. The Hall–Kier alpha value is -2.18. The summed E-state index contributed by atoms with van der Waals surface area (Å²) in [5, 5.41) is 21.7. The van der Waals surface area contributed by atoms with Gasteiger partial charge in [-0.3, -0.25) is 10.1 Å². The fourth-order valence-electron chi connectivity index (χ4n) is 2.93. The van der Waals surface area contributed by atoms with Gasteiger partial charge in [-0.1, -0.05) is 19.8 Å². The Morgan fingerprint density at radius 1 is 1.29 bits per heavy atom. The van der Waals surface area contributed by atoms with Crippen LogP contribution in [0.4, 0.5) is 11.4 Å². The van der Waals surface area contributed by atoms with Crippen LogP contribution in [-0.4, -0.2) is 21.8 Å². The largest absolute Gasteiger partial charge is 0.383 e. The minimum atomic E-state index is -0.473. The quantitative estimate of drug-likeness (QED) is 0.685. The van der Waals surface area contributed by atoms with E-state index >= 15 is 0 Å². The molecule has 0 unspecified atom stereocenters. The number of nitro benzene ring substituents is 1. The second kappa shape index (κ2) is 5.67. The van der Waals surface area contributed by atoms with Gasteiger partial charge in [0.05, 0.1) is 10.6 Å². The molecule has 1 fully saturated rings. The summed E-state index contributed by atoms with van der Waals surface area (Å²) >= 11 is 0. The fourth-order valence-corrected chi connectivity index (χ4v) is 2.93. The minimum absolute atomic E-state index is 0.0803. The standard InChI is InChI=1S/C14H18N4O3/c1-9-2-4-10(5-3-9)8-15-11-6-7-12(18(19)20)14-13(11)16-21-17-14/h6-7,9-10,15H,2-5,8H2,1H3. The molecule has 0 radical (unpaired) electrons. The van der Waals surface area contributed by atoms with Crippen LogP contribution in [-0.2, 0) is 0 Å². The summed E-state index contributed by atoms with van der Waals surface area (Å²) in [6.45, 7) is 3.15. The van der Waals surface area contributed by atoms with E-state index in [0.717, 1.165) is 18.2 Å². The van der Waals surface area contributed by atoms with Crippen molar-refractivity contribution in [2.45, 2.75) is 32.6 Å². The van der Waals surface area contributed by atoms with Crippen molar-refractivity contribution in [3.63, 3.8) is 0 Å². The Morgan fingerprint density at radius 2 is 2.00 bits per heavy atom. The lowest BCUT2D eigenvalue weighted by molar-refractivity contribution is -0.383. The number of nitrogens with zero attached hydrogens (tertiary/aromatic N) is 3. The summed E-state index contributed by atoms with van der Waals surface area (Å²) in [5.41, 5.74) is 1.29. The number of benzene rings is 1. The molecule has 3 rings (SSSR count). The maximum Gasteiger partial charge on any atom is 0.300 e. The van der Waals surface area contributed by atoms with Crippen molar-refractivity contribution in [1.82, 2.24) is 10.3 Å². The summed E-state index contributed by atoms with van der Waals surface area (Å²) in [6, 6.07) is 3.12. The van der Waals surface area contributed by atoms with Gasteiger partial charge in [-0.25, -0.2) is 4.63 Å². The molecular formula is C14H18N4O3. The molecule has 1 N–H and O–H groups in total. The van der Waals surface area contributed by atoms with Crippen LogP contribution in [0.3, 0.4) is 0 Å². The van der Waals surface area contributed by atoms with Gasteiger partial charge in [0, 0.05) is 12.6 Å². The third kappa shape index (κ3) is 2.81. The fraction of sp³-hybridized carbons (Fsp3) is 0.571. The van der Waals surface area contributed by atoms with Gasteiger partial charge in [0.2, 0.25) is 5.52 Å². The van der Waals surface area contributed by atoms with E-state index in [1.54, 1.807) is 6.07 Å². The minimum Gasteiger partial charge on any atom is -0.383 e. The molecular weight excluding hydrogens is 272 g/mol. The van der Waals surface area contributed by atoms with Gasteiger partial charge in [-0.2, -0.15) is 0 Å². The van der Waals surface area contributed by atoms with Gasteiger partial charge >= 0.3 is 5.69 Å². The molecule has 0 atom stereocenters. The summed E-state index contributed by atoms with van der Waals surface area (Å²) in [7, 11) is 0. The molecule has 7 nitrogen and oxygen atoms in total. The Balaban J connectivity index is 1.74. The summed E-state index contributed by atoms with van der Waals surface area (Å²) < 4.78 is 4.66. The number of nitrogens with one attached hydrogen (secondary N) is 1. The highest BCUT2D eigenvalue weighted by atomic mass is 16.6. The topological polar surface area (TPSA) is 94.1 Å². The predicted molar refractivity (Wildman–Crippen MR) is 78.1 cm³/mol. The second-order valence-corrected chi connectivity index (χ2v) is 5.86. The van der Waals surface area contributed by atoms with Gasteiger partial charge in [0.15, 0.2) is 5.52 Å². The van der Waals surface area contributed by atoms with Crippen LogP contribution >= 0.6 is 0 Å². The molecule has 1 saturated carbocycles. The molecule has 0 amide bonds. The molecule has 112 valence electrons. The number of fused-ring (bicyclic) bond motifs is 1. The number of hydrogen-bond donors (Lipinski definition) is 1. The first-order chi connectivity index (χ1) is 10.1. The second-order valence-electron chi connectivity index (χ2n) is 5.86. The van der Waals surface area contributed by atoms with Gasteiger partial charge < -0.3 is 5.32 Å². The highest BCUT2D eigenvalue weighted by Gasteiger charge is 2.21. The van der Waals surface area contributed by atoms with Crippen molar-refractivity contribution >= 4 is 22.4 Å². The third-order valence-electron chi connectivity index (χ3n) is 4.31. The average molecular weight is 290 g/mol. The Kier molecular flexibility index (Phi) is 3.72. The van der Waals surface area contributed by atoms with Gasteiger partial charge in [0.25, 0.3) is 0 Å². The molecule has 1 aliphatic rings. The van der Waals surface area contributed by atoms with Crippen LogP contribution in [0, 0.1) is 22.0 Å². The van der Waals surface area contributed by atoms with Gasteiger partial charge in [0.1, 0.15) is 0 Å². The number of non-ortho nitro benzene ring substituents is 1. The lowest BCUT2D eigenvalue weighted by atomic mass is 9.83. The maximum absolute atomic E-state index is 10.9. The Bertz CT molecular complexity index is 647. The van der Waals surface area contributed by atoms with Crippen molar-refractivity contribution in [3.05, 3.63) is 22.2 Å². The van der Waals surface area contributed by atoms with E-state index in [-0.39, 0.29) is 11.2 Å². The van der Waals surface area contributed by atoms with Crippen molar-refractivity contribution < 1.29 is 9.55 Å². The van der Waals surface area contributed by atoms with Crippen LogP contribution < -0.4 is 5.32 Å². The molecule has 0 aliphatic heterocycles. The number of aromatic nitrogens is 2. The van der Waals surface area contributed by atoms with Gasteiger partial charge in [-0.05, 0) is 41.1 Å². The SMILES string of the molecule is CC1CCC(CNc2ccc([N+](=O)[O-])c3nonc23)CC1. The van der Waals surface area contributed by atoms with E-state index in [1.807, 2.05) is 0 Å². The molecule has 2 aromatic rings. The summed E-state index contributed by atoms with van der Waals surface area (Å²) in [5.74, 6) is 1.47. The molecule has 21 heavy (non-hydrogen) atoms. The van der Waals surface area contributed by atoms with E-state index in [4.69, 9.17) is 0 Å². The molecule has 1 aromatic carbocycles. The van der Waals surface area contributed by atoms with E-state index in [1.165, 1.54) is 31.7 Å². The number of anilines is 1. The molecule has 1 aliphatic carbocycles. The zero-order valence-corrected chi connectivity index (χ0v) is 11.9. The van der Waals surface area contributed by atoms with E-state index in [9.17, 15) is 10.1 Å². The van der Waals surface area contributed by atoms with Crippen LogP contribution in [0.15, 0.2) is 16.8 Å². The molecule has 0 bridgehead atoms. The highest BCUT2D eigenvalue weighted by Crippen LogP contribution is 2.31.